The molecule has 3 aromatic rings. The van der Waals surface area contributed by atoms with E-state index in [9.17, 15) is 9.59 Å². The standard InChI is InChI=1S/C23H24BrN3O3/c1-16(26(2)17-9-5-4-6-10-17)15-25-22(28)18-11-7-8-12-19(18)27(3)23(29)20-13-14-21(24)30-20/h4-14,16H,15H2,1-3H3,(H,25,28). The molecule has 0 aliphatic carbocycles. The van der Waals surface area contributed by atoms with Crippen LogP contribution in [0, 0.1) is 0 Å². The van der Waals surface area contributed by atoms with E-state index in [4.69, 9.17) is 4.42 Å². The van der Waals surface area contributed by atoms with Gasteiger partial charge in [-0.3, -0.25) is 9.59 Å². The lowest BCUT2D eigenvalue weighted by molar-refractivity contribution is 0.0951. The number of para-hydroxylation sites is 2. The molecule has 0 fully saturated rings. The number of carbonyl (C=O) groups is 2. The first-order chi connectivity index (χ1) is 14.4. The molecule has 6 nitrogen and oxygen atoms in total. The molecule has 0 aliphatic heterocycles. The highest BCUT2D eigenvalue weighted by molar-refractivity contribution is 9.10. The lowest BCUT2D eigenvalue weighted by Crippen LogP contribution is -2.40. The van der Waals surface area contributed by atoms with Gasteiger partial charge in [-0.15, -0.1) is 0 Å². The van der Waals surface area contributed by atoms with Gasteiger partial charge in [-0.05, 0) is 59.3 Å². The molecule has 3 rings (SSSR count). The highest BCUT2D eigenvalue weighted by Gasteiger charge is 2.22. The van der Waals surface area contributed by atoms with Crippen molar-refractivity contribution in [1.82, 2.24) is 5.32 Å². The molecule has 1 heterocycles. The molecule has 2 aromatic carbocycles. The first kappa shape index (κ1) is 21.6. The second-order valence-electron chi connectivity index (χ2n) is 6.99. The van der Waals surface area contributed by atoms with Crippen molar-refractivity contribution in [3.63, 3.8) is 0 Å². The van der Waals surface area contributed by atoms with Crippen LogP contribution < -0.4 is 15.1 Å². The molecule has 0 bridgehead atoms. The summed E-state index contributed by atoms with van der Waals surface area (Å²) in [6.07, 6.45) is 0. The van der Waals surface area contributed by atoms with Crippen LogP contribution in [0.4, 0.5) is 11.4 Å². The van der Waals surface area contributed by atoms with Gasteiger partial charge in [0.15, 0.2) is 10.4 Å². The summed E-state index contributed by atoms with van der Waals surface area (Å²) >= 11 is 3.20. The molecular formula is C23H24BrN3O3. The van der Waals surface area contributed by atoms with E-state index in [2.05, 4.69) is 26.1 Å². The first-order valence-corrected chi connectivity index (χ1v) is 10.4. The Kier molecular flexibility index (Phi) is 6.95. The van der Waals surface area contributed by atoms with E-state index in [-0.39, 0.29) is 23.6 Å². The van der Waals surface area contributed by atoms with Crippen LogP contribution in [0.5, 0.6) is 0 Å². The maximum atomic E-state index is 12.9. The minimum absolute atomic E-state index is 0.0864. The third kappa shape index (κ3) is 4.91. The number of hydrogen-bond acceptors (Lipinski definition) is 4. The van der Waals surface area contributed by atoms with Gasteiger partial charge in [-0.1, -0.05) is 30.3 Å². The molecule has 30 heavy (non-hydrogen) atoms. The number of carbonyl (C=O) groups excluding carboxylic acids is 2. The Hall–Kier alpha value is -3.06. The van der Waals surface area contributed by atoms with Crippen LogP contribution in [0.3, 0.4) is 0 Å². The van der Waals surface area contributed by atoms with Gasteiger partial charge in [-0.2, -0.15) is 0 Å². The molecule has 2 amide bonds. The van der Waals surface area contributed by atoms with Crippen LogP contribution in [-0.2, 0) is 0 Å². The summed E-state index contributed by atoms with van der Waals surface area (Å²) in [6, 6.07) is 20.3. The van der Waals surface area contributed by atoms with Crippen molar-refractivity contribution in [2.24, 2.45) is 0 Å². The Bertz CT molecular complexity index is 1020. The number of anilines is 2. The number of nitrogens with zero attached hydrogens (tertiary/aromatic N) is 2. The van der Waals surface area contributed by atoms with Crippen molar-refractivity contribution < 1.29 is 14.0 Å². The molecule has 0 aliphatic rings. The van der Waals surface area contributed by atoms with Gasteiger partial charge < -0.3 is 19.5 Å². The van der Waals surface area contributed by atoms with Crippen LogP contribution in [0.2, 0.25) is 0 Å². The SMILES string of the molecule is CC(CNC(=O)c1ccccc1N(C)C(=O)c1ccc(Br)o1)N(C)c1ccccc1. The molecule has 1 atom stereocenters. The fourth-order valence-corrected chi connectivity index (χ4v) is 3.36. The summed E-state index contributed by atoms with van der Waals surface area (Å²) in [5, 5.41) is 2.98. The highest BCUT2D eigenvalue weighted by Crippen LogP contribution is 2.23. The van der Waals surface area contributed by atoms with Crippen LogP contribution >= 0.6 is 15.9 Å². The zero-order valence-corrected chi connectivity index (χ0v) is 18.7. The largest absolute Gasteiger partial charge is 0.444 e. The van der Waals surface area contributed by atoms with Gasteiger partial charge in [0, 0.05) is 32.4 Å². The van der Waals surface area contributed by atoms with E-state index in [1.807, 2.05) is 44.3 Å². The summed E-state index contributed by atoms with van der Waals surface area (Å²) in [6.45, 7) is 2.50. The number of hydrogen-bond donors (Lipinski definition) is 1. The zero-order chi connectivity index (χ0) is 21.7. The Morgan fingerprint density at radius 1 is 1.00 bits per heavy atom. The first-order valence-electron chi connectivity index (χ1n) is 9.57. The van der Waals surface area contributed by atoms with E-state index >= 15 is 0 Å². The lowest BCUT2D eigenvalue weighted by Gasteiger charge is -2.27. The van der Waals surface area contributed by atoms with Crippen molar-refractivity contribution in [2.45, 2.75) is 13.0 Å². The maximum absolute atomic E-state index is 12.9. The summed E-state index contributed by atoms with van der Waals surface area (Å²) in [5.74, 6) is -0.380. The summed E-state index contributed by atoms with van der Waals surface area (Å²) in [4.78, 5) is 29.1. The van der Waals surface area contributed by atoms with Crippen molar-refractivity contribution in [3.8, 4) is 0 Å². The van der Waals surface area contributed by atoms with Crippen molar-refractivity contribution >= 4 is 39.1 Å². The van der Waals surface area contributed by atoms with Crippen molar-refractivity contribution in [3.05, 3.63) is 82.7 Å². The number of halogens is 1. The predicted octanol–water partition coefficient (Wildman–Crippen LogP) is 4.57. The summed E-state index contributed by atoms with van der Waals surface area (Å²) in [5.41, 5.74) is 2.01. The quantitative estimate of drug-likeness (QED) is 0.550. The van der Waals surface area contributed by atoms with E-state index in [1.54, 1.807) is 43.4 Å². The van der Waals surface area contributed by atoms with Crippen molar-refractivity contribution in [2.75, 3.05) is 30.4 Å². The van der Waals surface area contributed by atoms with E-state index in [0.717, 1.165) is 5.69 Å². The number of nitrogens with one attached hydrogen (secondary N) is 1. The molecule has 1 unspecified atom stereocenters. The Morgan fingerprint density at radius 2 is 1.67 bits per heavy atom. The Morgan fingerprint density at radius 3 is 2.33 bits per heavy atom. The molecule has 0 saturated carbocycles. The number of amides is 2. The third-order valence-electron chi connectivity index (χ3n) is 4.98. The number of benzene rings is 2. The molecule has 0 radical (unpaired) electrons. The lowest BCUT2D eigenvalue weighted by atomic mass is 10.1. The summed E-state index contributed by atoms with van der Waals surface area (Å²) in [7, 11) is 3.62. The minimum atomic E-state index is -0.335. The fraction of sp³-hybridized carbons (Fsp3) is 0.217. The zero-order valence-electron chi connectivity index (χ0n) is 17.1. The molecule has 0 spiro atoms. The molecule has 1 aromatic heterocycles. The minimum Gasteiger partial charge on any atom is -0.444 e. The van der Waals surface area contributed by atoms with E-state index in [1.165, 1.54) is 4.90 Å². The average Bonchev–Trinajstić information content (AvgIpc) is 3.22. The second-order valence-corrected chi connectivity index (χ2v) is 7.77. The van der Waals surface area contributed by atoms with Gasteiger partial charge in [-0.25, -0.2) is 0 Å². The van der Waals surface area contributed by atoms with Crippen LogP contribution in [-0.4, -0.2) is 38.5 Å². The second kappa shape index (κ2) is 9.63. The van der Waals surface area contributed by atoms with Gasteiger partial charge >= 0.3 is 0 Å². The normalized spacial score (nSPS) is 11.6. The average molecular weight is 470 g/mol. The van der Waals surface area contributed by atoms with Gasteiger partial charge in [0.2, 0.25) is 0 Å². The molecule has 156 valence electrons. The van der Waals surface area contributed by atoms with Gasteiger partial charge in [0.25, 0.3) is 11.8 Å². The third-order valence-corrected chi connectivity index (χ3v) is 5.41. The molecule has 1 N–H and O–H groups in total. The van der Waals surface area contributed by atoms with Crippen LogP contribution in [0.1, 0.15) is 27.8 Å². The van der Waals surface area contributed by atoms with Gasteiger partial charge in [0.1, 0.15) is 0 Å². The fourth-order valence-electron chi connectivity index (χ4n) is 3.05. The monoisotopic (exact) mass is 469 g/mol. The number of furan rings is 1. The van der Waals surface area contributed by atoms with E-state index < -0.39 is 0 Å². The molecular weight excluding hydrogens is 446 g/mol. The topological polar surface area (TPSA) is 65.8 Å². The number of likely N-dealkylation sites (N-methyl/N-ethyl adjacent to an activating group) is 1. The maximum Gasteiger partial charge on any atom is 0.293 e. The van der Waals surface area contributed by atoms with Crippen LogP contribution in [0.15, 0.2) is 75.8 Å². The number of rotatable bonds is 7. The predicted molar refractivity (Wildman–Crippen MR) is 122 cm³/mol. The van der Waals surface area contributed by atoms with Crippen molar-refractivity contribution in [1.29, 1.82) is 0 Å². The molecule has 7 heteroatoms. The molecule has 0 saturated heterocycles. The Labute approximate surface area is 184 Å². The highest BCUT2D eigenvalue weighted by atomic mass is 79.9. The van der Waals surface area contributed by atoms with Gasteiger partial charge in [0.05, 0.1) is 11.3 Å². The Balaban J connectivity index is 1.70. The van der Waals surface area contributed by atoms with E-state index in [0.29, 0.717) is 22.5 Å². The summed E-state index contributed by atoms with van der Waals surface area (Å²) < 4.78 is 5.83. The van der Waals surface area contributed by atoms with Crippen LogP contribution in [0.25, 0.3) is 0 Å². The smallest absolute Gasteiger partial charge is 0.293 e.